The maximum absolute atomic E-state index is 10.5. The molecule has 1 heterocycles. The minimum Gasteiger partial charge on any atom is -0.481 e. The highest BCUT2D eigenvalue weighted by atomic mass is 16.4. The van der Waals surface area contributed by atoms with Crippen molar-refractivity contribution in [2.45, 2.75) is 19.4 Å². The van der Waals surface area contributed by atoms with Crippen LogP contribution in [0, 0.1) is 5.92 Å². The first-order valence-electron chi connectivity index (χ1n) is 3.74. The maximum Gasteiger partial charge on any atom is 0.407 e. The Morgan fingerprint density at radius 2 is 2.00 bits per heavy atom. The molecule has 12 heavy (non-hydrogen) atoms. The van der Waals surface area contributed by atoms with Crippen LogP contribution in [0.2, 0.25) is 0 Å². The lowest BCUT2D eigenvalue weighted by Gasteiger charge is -2.16. The number of hydrogen-bond acceptors (Lipinski definition) is 2. The highest BCUT2D eigenvalue weighted by molar-refractivity contribution is 5.73. The van der Waals surface area contributed by atoms with E-state index in [1.54, 1.807) is 6.92 Å². The van der Waals surface area contributed by atoms with Gasteiger partial charge in [-0.3, -0.25) is 4.79 Å². The first-order valence-corrected chi connectivity index (χ1v) is 3.74. The number of carboxylic acid groups (broad SMARTS) is 2. The van der Waals surface area contributed by atoms with Crippen molar-refractivity contribution in [3.8, 4) is 0 Å². The van der Waals surface area contributed by atoms with Crippen molar-refractivity contribution in [3.63, 3.8) is 0 Å². The van der Waals surface area contributed by atoms with E-state index in [0.717, 1.165) is 0 Å². The second-order valence-electron chi connectivity index (χ2n) is 3.05. The van der Waals surface area contributed by atoms with Gasteiger partial charge in [0.05, 0.1) is 5.92 Å². The monoisotopic (exact) mass is 173 g/mol. The van der Waals surface area contributed by atoms with Gasteiger partial charge in [-0.1, -0.05) is 0 Å². The van der Waals surface area contributed by atoms with Gasteiger partial charge in [0.25, 0.3) is 0 Å². The number of rotatable bonds is 1. The molecule has 1 unspecified atom stereocenters. The minimum absolute atomic E-state index is 0.117. The molecule has 2 atom stereocenters. The summed E-state index contributed by atoms with van der Waals surface area (Å²) in [6.07, 6.45) is -0.618. The van der Waals surface area contributed by atoms with Gasteiger partial charge in [-0.05, 0) is 13.3 Å². The van der Waals surface area contributed by atoms with Crippen LogP contribution in [0.5, 0.6) is 0 Å². The van der Waals surface area contributed by atoms with E-state index in [1.807, 2.05) is 0 Å². The van der Waals surface area contributed by atoms with Crippen LogP contribution < -0.4 is 0 Å². The second kappa shape index (κ2) is 3.00. The summed E-state index contributed by atoms with van der Waals surface area (Å²) in [4.78, 5) is 22.2. The van der Waals surface area contributed by atoms with Crippen LogP contribution in [0.4, 0.5) is 4.79 Å². The zero-order valence-electron chi connectivity index (χ0n) is 6.73. The van der Waals surface area contributed by atoms with E-state index in [1.165, 1.54) is 4.90 Å². The standard InChI is InChI=1S/C7H11NO4/c1-4-2-5(6(9)10)3-8(4)7(11)12/h4-5H,2-3H2,1H3,(H,9,10)(H,11,12)/t4-,5?/m1/s1. The van der Waals surface area contributed by atoms with Gasteiger partial charge in [0, 0.05) is 12.6 Å². The molecule has 2 N–H and O–H groups in total. The molecule has 1 fully saturated rings. The number of likely N-dealkylation sites (tertiary alicyclic amines) is 1. The summed E-state index contributed by atoms with van der Waals surface area (Å²) >= 11 is 0. The number of hydrogen-bond donors (Lipinski definition) is 2. The number of carboxylic acids is 1. The lowest BCUT2D eigenvalue weighted by atomic mass is 10.1. The van der Waals surface area contributed by atoms with Crippen molar-refractivity contribution in [1.29, 1.82) is 0 Å². The van der Waals surface area contributed by atoms with Crippen LogP contribution in [-0.2, 0) is 4.79 Å². The second-order valence-corrected chi connectivity index (χ2v) is 3.05. The van der Waals surface area contributed by atoms with Crippen molar-refractivity contribution in [2.24, 2.45) is 5.92 Å². The third kappa shape index (κ3) is 1.49. The fraction of sp³-hybridized carbons (Fsp3) is 0.714. The summed E-state index contributed by atoms with van der Waals surface area (Å²) in [5, 5.41) is 17.2. The molecule has 1 rings (SSSR count). The molecule has 0 aromatic carbocycles. The Bertz CT molecular complexity index is 215. The third-order valence-electron chi connectivity index (χ3n) is 2.17. The van der Waals surface area contributed by atoms with E-state index in [-0.39, 0.29) is 12.6 Å². The van der Waals surface area contributed by atoms with Crippen LogP contribution in [0.3, 0.4) is 0 Å². The van der Waals surface area contributed by atoms with Crippen molar-refractivity contribution in [2.75, 3.05) is 6.54 Å². The van der Waals surface area contributed by atoms with Gasteiger partial charge in [-0.2, -0.15) is 0 Å². The van der Waals surface area contributed by atoms with E-state index in [9.17, 15) is 9.59 Å². The SMILES string of the molecule is C[C@@H]1CC(C(=O)O)CN1C(=O)O. The Balaban J connectivity index is 2.62. The molecule has 1 saturated heterocycles. The average molecular weight is 173 g/mol. The molecule has 1 aliphatic rings. The number of aliphatic carboxylic acids is 1. The Labute approximate surface area is 69.6 Å². The predicted molar refractivity (Wildman–Crippen MR) is 39.9 cm³/mol. The van der Waals surface area contributed by atoms with Gasteiger partial charge in [0.1, 0.15) is 0 Å². The average Bonchev–Trinajstić information content (AvgIpc) is 2.30. The summed E-state index contributed by atoms with van der Waals surface area (Å²) in [7, 11) is 0. The quantitative estimate of drug-likeness (QED) is 0.603. The van der Waals surface area contributed by atoms with Gasteiger partial charge in [0.2, 0.25) is 0 Å². The fourth-order valence-corrected chi connectivity index (χ4v) is 1.48. The topological polar surface area (TPSA) is 77.8 Å². The maximum atomic E-state index is 10.5. The summed E-state index contributed by atoms with van der Waals surface area (Å²) in [5.74, 6) is -1.44. The van der Waals surface area contributed by atoms with Crippen molar-refractivity contribution >= 4 is 12.1 Å². The molecule has 0 saturated carbocycles. The Morgan fingerprint density at radius 3 is 2.25 bits per heavy atom. The van der Waals surface area contributed by atoms with Crippen molar-refractivity contribution < 1.29 is 19.8 Å². The molecule has 68 valence electrons. The van der Waals surface area contributed by atoms with Crippen LogP contribution in [-0.4, -0.2) is 39.8 Å². The van der Waals surface area contributed by atoms with E-state index < -0.39 is 18.0 Å². The molecule has 0 aromatic rings. The molecular weight excluding hydrogens is 162 g/mol. The Kier molecular flexibility index (Phi) is 2.21. The third-order valence-corrected chi connectivity index (χ3v) is 2.17. The molecule has 5 nitrogen and oxygen atoms in total. The highest BCUT2D eigenvalue weighted by Crippen LogP contribution is 2.22. The molecule has 1 aliphatic heterocycles. The predicted octanol–water partition coefficient (Wildman–Crippen LogP) is 0.459. The first kappa shape index (κ1) is 8.83. The molecular formula is C7H11NO4. The molecule has 5 heteroatoms. The van der Waals surface area contributed by atoms with E-state index in [4.69, 9.17) is 10.2 Å². The lowest BCUT2D eigenvalue weighted by molar-refractivity contribution is -0.141. The van der Waals surface area contributed by atoms with Crippen molar-refractivity contribution in [3.05, 3.63) is 0 Å². The number of carbonyl (C=O) groups is 2. The van der Waals surface area contributed by atoms with Crippen LogP contribution in [0.15, 0.2) is 0 Å². The summed E-state index contributed by atoms with van der Waals surface area (Å²) in [6.45, 7) is 1.84. The Hall–Kier alpha value is -1.26. The van der Waals surface area contributed by atoms with Crippen LogP contribution >= 0.6 is 0 Å². The molecule has 1 amide bonds. The Morgan fingerprint density at radius 1 is 1.42 bits per heavy atom. The smallest absolute Gasteiger partial charge is 0.407 e. The molecule has 0 spiro atoms. The van der Waals surface area contributed by atoms with Gasteiger partial charge < -0.3 is 15.1 Å². The number of amides is 1. The highest BCUT2D eigenvalue weighted by Gasteiger charge is 2.35. The lowest BCUT2D eigenvalue weighted by Crippen LogP contribution is -2.32. The van der Waals surface area contributed by atoms with E-state index in [0.29, 0.717) is 6.42 Å². The van der Waals surface area contributed by atoms with E-state index >= 15 is 0 Å². The zero-order chi connectivity index (χ0) is 9.30. The normalized spacial score (nSPS) is 28.9. The fourth-order valence-electron chi connectivity index (χ4n) is 1.48. The molecule has 0 aliphatic carbocycles. The first-order chi connectivity index (χ1) is 5.52. The largest absolute Gasteiger partial charge is 0.481 e. The van der Waals surface area contributed by atoms with Gasteiger partial charge >= 0.3 is 12.1 Å². The summed E-state index contributed by atoms with van der Waals surface area (Å²) in [5.41, 5.74) is 0. The molecule has 0 radical (unpaired) electrons. The van der Waals surface area contributed by atoms with E-state index in [2.05, 4.69) is 0 Å². The number of nitrogens with zero attached hydrogens (tertiary/aromatic N) is 1. The van der Waals surface area contributed by atoms with Crippen LogP contribution in [0.25, 0.3) is 0 Å². The van der Waals surface area contributed by atoms with Gasteiger partial charge in [-0.15, -0.1) is 0 Å². The summed E-state index contributed by atoms with van der Waals surface area (Å²) < 4.78 is 0. The van der Waals surface area contributed by atoms with Crippen molar-refractivity contribution in [1.82, 2.24) is 4.90 Å². The van der Waals surface area contributed by atoms with Gasteiger partial charge in [-0.25, -0.2) is 4.79 Å². The summed E-state index contributed by atoms with van der Waals surface area (Å²) in [6, 6.07) is -0.177. The molecule has 0 aromatic heterocycles. The minimum atomic E-state index is -1.04. The van der Waals surface area contributed by atoms with Gasteiger partial charge in [0.15, 0.2) is 0 Å². The van der Waals surface area contributed by atoms with Crippen LogP contribution in [0.1, 0.15) is 13.3 Å². The zero-order valence-corrected chi connectivity index (χ0v) is 6.73. The molecule has 0 bridgehead atoms.